The van der Waals surface area contributed by atoms with Crippen LogP contribution in [-0.4, -0.2) is 53.9 Å². The maximum Gasteiger partial charge on any atom is 0.253 e. The molecule has 102 valence electrons. The Balaban J connectivity index is 1.70. The summed E-state index contributed by atoms with van der Waals surface area (Å²) < 4.78 is 0. The number of pyridine rings is 1. The first kappa shape index (κ1) is 12.6. The molecule has 2 aliphatic heterocycles. The lowest BCUT2D eigenvalue weighted by Gasteiger charge is -2.38. The molecule has 1 spiro atoms. The van der Waals surface area contributed by atoms with Crippen LogP contribution < -0.4 is 0 Å². The Kier molecular flexibility index (Phi) is 3.27. The van der Waals surface area contributed by atoms with Gasteiger partial charge in [0.1, 0.15) is 0 Å². The number of piperidine rings is 1. The number of aromatic nitrogens is 1. The summed E-state index contributed by atoms with van der Waals surface area (Å²) in [6.45, 7) is 4.14. The summed E-state index contributed by atoms with van der Waals surface area (Å²) in [7, 11) is 2.19. The Morgan fingerprint density at radius 2 is 2.00 bits per heavy atom. The first-order valence-corrected chi connectivity index (χ1v) is 7.06. The van der Waals surface area contributed by atoms with Crippen LogP contribution in [0.3, 0.4) is 0 Å². The smallest absolute Gasteiger partial charge is 0.253 e. The van der Waals surface area contributed by atoms with Crippen LogP contribution in [0.5, 0.6) is 0 Å². The second-order valence-electron chi connectivity index (χ2n) is 6.05. The van der Waals surface area contributed by atoms with Crippen LogP contribution in [0.1, 0.15) is 29.6 Å². The number of carbonyl (C=O) groups is 1. The first-order valence-electron chi connectivity index (χ1n) is 7.06. The molecule has 0 unspecified atom stereocenters. The molecule has 1 atom stereocenters. The van der Waals surface area contributed by atoms with Crippen molar-refractivity contribution in [1.82, 2.24) is 14.8 Å². The topological polar surface area (TPSA) is 36.4 Å². The summed E-state index contributed by atoms with van der Waals surface area (Å²) in [5, 5.41) is 0. The predicted octanol–water partition coefficient (Wildman–Crippen LogP) is 1.64. The van der Waals surface area contributed by atoms with Crippen molar-refractivity contribution in [2.24, 2.45) is 5.41 Å². The zero-order chi connectivity index (χ0) is 13.3. The molecule has 2 aliphatic rings. The van der Waals surface area contributed by atoms with E-state index in [9.17, 15) is 4.79 Å². The van der Waals surface area contributed by atoms with Gasteiger partial charge in [0.25, 0.3) is 5.91 Å². The molecule has 0 saturated carbocycles. The molecule has 4 heteroatoms. The molecule has 0 N–H and O–H groups in total. The van der Waals surface area contributed by atoms with Crippen LogP contribution in [0.4, 0.5) is 0 Å². The number of hydrogen-bond donors (Lipinski definition) is 0. The molecule has 1 amide bonds. The van der Waals surface area contributed by atoms with E-state index in [1.807, 2.05) is 4.90 Å². The van der Waals surface area contributed by atoms with Crippen LogP contribution in [0.25, 0.3) is 0 Å². The quantitative estimate of drug-likeness (QED) is 0.769. The van der Waals surface area contributed by atoms with E-state index in [0.717, 1.165) is 31.6 Å². The highest BCUT2D eigenvalue weighted by atomic mass is 16.2. The van der Waals surface area contributed by atoms with Crippen molar-refractivity contribution in [3.8, 4) is 0 Å². The van der Waals surface area contributed by atoms with Gasteiger partial charge in [-0.2, -0.15) is 0 Å². The number of carbonyl (C=O) groups excluding carboxylic acids is 1. The van der Waals surface area contributed by atoms with E-state index >= 15 is 0 Å². The SMILES string of the molecule is CN1CCC[C@]2(CCN(C(=O)c3ccncc3)C2)C1. The lowest BCUT2D eigenvalue weighted by molar-refractivity contribution is 0.0722. The summed E-state index contributed by atoms with van der Waals surface area (Å²) in [5.74, 6) is 0.160. The van der Waals surface area contributed by atoms with Crippen molar-refractivity contribution in [3.63, 3.8) is 0 Å². The third-order valence-electron chi connectivity index (χ3n) is 4.51. The maximum atomic E-state index is 12.4. The van der Waals surface area contributed by atoms with Crippen molar-refractivity contribution in [2.75, 3.05) is 33.2 Å². The zero-order valence-corrected chi connectivity index (χ0v) is 11.5. The minimum absolute atomic E-state index is 0.160. The van der Waals surface area contributed by atoms with E-state index in [1.165, 1.54) is 19.4 Å². The van der Waals surface area contributed by atoms with Gasteiger partial charge in [-0.15, -0.1) is 0 Å². The van der Waals surface area contributed by atoms with Crippen LogP contribution in [0, 0.1) is 5.41 Å². The molecule has 3 heterocycles. The molecule has 3 rings (SSSR count). The molecule has 2 saturated heterocycles. The number of hydrogen-bond acceptors (Lipinski definition) is 3. The van der Waals surface area contributed by atoms with Crippen LogP contribution in [0.15, 0.2) is 24.5 Å². The van der Waals surface area contributed by atoms with Gasteiger partial charge >= 0.3 is 0 Å². The summed E-state index contributed by atoms with van der Waals surface area (Å²) in [5.41, 5.74) is 1.10. The average Bonchev–Trinajstić information content (AvgIpc) is 2.82. The highest BCUT2D eigenvalue weighted by Gasteiger charge is 2.42. The van der Waals surface area contributed by atoms with Crippen molar-refractivity contribution >= 4 is 5.91 Å². The van der Waals surface area contributed by atoms with Gasteiger partial charge in [0.2, 0.25) is 0 Å². The molecule has 2 fully saturated rings. The molecule has 4 nitrogen and oxygen atoms in total. The van der Waals surface area contributed by atoms with Gasteiger partial charge in [-0.05, 0) is 45.0 Å². The number of rotatable bonds is 1. The second kappa shape index (κ2) is 4.93. The van der Waals surface area contributed by atoms with E-state index in [-0.39, 0.29) is 5.91 Å². The largest absolute Gasteiger partial charge is 0.338 e. The van der Waals surface area contributed by atoms with E-state index in [2.05, 4.69) is 16.9 Å². The molecule has 0 aliphatic carbocycles. The Labute approximate surface area is 114 Å². The van der Waals surface area contributed by atoms with Gasteiger partial charge in [-0.1, -0.05) is 0 Å². The monoisotopic (exact) mass is 259 g/mol. The van der Waals surface area contributed by atoms with Crippen LogP contribution >= 0.6 is 0 Å². The Hall–Kier alpha value is -1.42. The minimum Gasteiger partial charge on any atom is -0.338 e. The van der Waals surface area contributed by atoms with Gasteiger partial charge in [-0.3, -0.25) is 9.78 Å². The van der Waals surface area contributed by atoms with Crippen molar-refractivity contribution in [3.05, 3.63) is 30.1 Å². The van der Waals surface area contributed by atoms with Crippen molar-refractivity contribution < 1.29 is 4.79 Å². The molecule has 1 aromatic rings. The van der Waals surface area contributed by atoms with Gasteiger partial charge in [0, 0.05) is 43.0 Å². The summed E-state index contributed by atoms with van der Waals surface area (Å²) in [6, 6.07) is 3.61. The second-order valence-corrected chi connectivity index (χ2v) is 6.05. The molecule has 0 bridgehead atoms. The number of nitrogens with zero attached hydrogens (tertiary/aromatic N) is 3. The Bertz CT molecular complexity index is 462. The molecule has 19 heavy (non-hydrogen) atoms. The van der Waals surface area contributed by atoms with Gasteiger partial charge < -0.3 is 9.80 Å². The number of likely N-dealkylation sites (tertiary alicyclic amines) is 2. The van der Waals surface area contributed by atoms with Gasteiger partial charge in [-0.25, -0.2) is 0 Å². The summed E-state index contributed by atoms with van der Waals surface area (Å²) in [6.07, 6.45) is 7.04. The van der Waals surface area contributed by atoms with Crippen LogP contribution in [0.2, 0.25) is 0 Å². The Morgan fingerprint density at radius 1 is 1.21 bits per heavy atom. The molecular weight excluding hydrogens is 238 g/mol. The highest BCUT2D eigenvalue weighted by Crippen LogP contribution is 2.38. The zero-order valence-electron chi connectivity index (χ0n) is 11.5. The van der Waals surface area contributed by atoms with E-state index in [0.29, 0.717) is 5.41 Å². The average molecular weight is 259 g/mol. The fraction of sp³-hybridized carbons (Fsp3) is 0.600. The molecule has 0 aromatic carbocycles. The molecule has 0 radical (unpaired) electrons. The first-order chi connectivity index (χ1) is 9.19. The standard InChI is InChI=1S/C15H21N3O/c1-17-9-2-5-15(11-17)6-10-18(12-15)14(19)13-3-7-16-8-4-13/h3-4,7-8H,2,5-6,9-12H2,1H3/t15-/m0/s1. The minimum atomic E-state index is 0.160. The third kappa shape index (κ3) is 2.50. The van der Waals surface area contributed by atoms with E-state index in [4.69, 9.17) is 0 Å². The maximum absolute atomic E-state index is 12.4. The molecule has 1 aromatic heterocycles. The fourth-order valence-corrected chi connectivity index (χ4v) is 3.57. The summed E-state index contributed by atoms with van der Waals surface area (Å²) in [4.78, 5) is 20.8. The predicted molar refractivity (Wildman–Crippen MR) is 73.9 cm³/mol. The normalized spacial score (nSPS) is 27.9. The molecular formula is C15H21N3O. The lowest BCUT2D eigenvalue weighted by atomic mass is 9.79. The van der Waals surface area contributed by atoms with Crippen LogP contribution in [-0.2, 0) is 0 Å². The van der Waals surface area contributed by atoms with Crippen molar-refractivity contribution in [2.45, 2.75) is 19.3 Å². The third-order valence-corrected chi connectivity index (χ3v) is 4.51. The van der Waals surface area contributed by atoms with E-state index < -0.39 is 0 Å². The van der Waals surface area contributed by atoms with Gasteiger partial charge in [0.15, 0.2) is 0 Å². The Morgan fingerprint density at radius 3 is 2.74 bits per heavy atom. The number of amides is 1. The fourth-order valence-electron chi connectivity index (χ4n) is 3.57. The van der Waals surface area contributed by atoms with E-state index in [1.54, 1.807) is 24.5 Å². The van der Waals surface area contributed by atoms with Gasteiger partial charge in [0.05, 0.1) is 0 Å². The lowest BCUT2D eigenvalue weighted by Crippen LogP contribution is -2.43. The van der Waals surface area contributed by atoms with Crippen molar-refractivity contribution in [1.29, 1.82) is 0 Å². The highest BCUT2D eigenvalue weighted by molar-refractivity contribution is 5.94. The summed E-state index contributed by atoms with van der Waals surface area (Å²) >= 11 is 0.